The van der Waals surface area contributed by atoms with E-state index in [0.717, 1.165) is 35.1 Å². The first-order valence-corrected chi connectivity index (χ1v) is 10.7. The Morgan fingerprint density at radius 1 is 1.28 bits per heavy atom. The molecule has 1 aliphatic heterocycles. The minimum atomic E-state index is -0.265. The average molecular weight is 433 g/mol. The number of methoxy groups -OCH3 is 1. The zero-order chi connectivity index (χ0) is 22.1. The molecular weight excluding hydrogens is 409 g/mol. The van der Waals surface area contributed by atoms with Crippen LogP contribution in [0.5, 0.6) is 5.75 Å². The van der Waals surface area contributed by atoms with E-state index in [0.29, 0.717) is 36.9 Å². The third-order valence-corrected chi connectivity index (χ3v) is 5.97. The molecule has 0 unspecified atom stereocenters. The zero-order valence-corrected chi connectivity index (χ0v) is 17.8. The first-order valence-electron chi connectivity index (χ1n) is 10.7. The van der Waals surface area contributed by atoms with Crippen molar-refractivity contribution in [3.8, 4) is 5.75 Å². The number of hydrogen-bond acceptors (Lipinski definition) is 4. The number of halogens is 1. The van der Waals surface area contributed by atoms with E-state index in [1.54, 1.807) is 19.4 Å². The van der Waals surface area contributed by atoms with Crippen LogP contribution in [-0.2, 0) is 6.42 Å². The smallest absolute Gasteiger partial charge is 0.270 e. The number of carbonyl (C=O) groups is 1. The molecule has 4 aromatic rings. The molecule has 6 nitrogen and oxygen atoms in total. The molecule has 1 aliphatic rings. The number of nitrogens with one attached hydrogen (secondary N) is 1. The quantitative estimate of drug-likeness (QED) is 0.485. The van der Waals surface area contributed by atoms with Gasteiger partial charge in [0.15, 0.2) is 5.89 Å². The standard InChI is InChI=1S/C25H24FN3O3/c1-31-23-9-3-8-21-20(23)13-22(28-21)25(30)29-10-4-6-17(15-29)24-27-14-19(32-24)12-16-5-2-7-18(26)11-16/h2-3,5,7-9,11,13-14,17,28H,4,6,10,12,15H2,1H3/t17-/m0/s1. The third-order valence-electron chi connectivity index (χ3n) is 5.97. The minimum Gasteiger partial charge on any atom is -0.496 e. The van der Waals surface area contributed by atoms with Crippen molar-refractivity contribution in [2.24, 2.45) is 0 Å². The molecule has 0 aliphatic carbocycles. The summed E-state index contributed by atoms with van der Waals surface area (Å²) in [5, 5.41) is 0.890. The highest BCUT2D eigenvalue weighted by molar-refractivity contribution is 5.99. The highest BCUT2D eigenvalue weighted by Gasteiger charge is 2.29. The Morgan fingerprint density at radius 3 is 3.00 bits per heavy atom. The number of H-pyrrole nitrogens is 1. The summed E-state index contributed by atoms with van der Waals surface area (Å²) in [6.45, 7) is 1.24. The molecule has 2 aromatic heterocycles. The van der Waals surface area contributed by atoms with Gasteiger partial charge < -0.3 is 19.0 Å². The number of oxazole rings is 1. The van der Waals surface area contributed by atoms with E-state index in [9.17, 15) is 9.18 Å². The van der Waals surface area contributed by atoms with Crippen LogP contribution in [0.3, 0.4) is 0 Å². The fourth-order valence-electron chi connectivity index (χ4n) is 4.40. The van der Waals surface area contributed by atoms with E-state index in [2.05, 4.69) is 9.97 Å². The van der Waals surface area contributed by atoms with Crippen LogP contribution in [0.2, 0.25) is 0 Å². The van der Waals surface area contributed by atoms with Gasteiger partial charge in [-0.25, -0.2) is 9.37 Å². The lowest BCUT2D eigenvalue weighted by atomic mass is 9.97. The van der Waals surface area contributed by atoms with Gasteiger partial charge in [-0.15, -0.1) is 0 Å². The number of carbonyl (C=O) groups excluding carboxylic acids is 1. The van der Waals surface area contributed by atoms with Crippen LogP contribution in [0.25, 0.3) is 10.9 Å². The summed E-state index contributed by atoms with van der Waals surface area (Å²) in [6, 6.07) is 14.0. The Kier molecular flexibility index (Phi) is 5.39. The predicted molar refractivity (Wildman–Crippen MR) is 118 cm³/mol. The Bertz CT molecular complexity index is 1260. The van der Waals surface area contributed by atoms with E-state index < -0.39 is 0 Å². The fourth-order valence-corrected chi connectivity index (χ4v) is 4.40. The lowest BCUT2D eigenvalue weighted by Crippen LogP contribution is -2.39. The summed E-state index contributed by atoms with van der Waals surface area (Å²) in [7, 11) is 1.62. The molecule has 2 aromatic carbocycles. The van der Waals surface area contributed by atoms with Crippen molar-refractivity contribution in [3.05, 3.63) is 83.5 Å². The molecule has 1 saturated heterocycles. The normalized spacial score (nSPS) is 16.4. The Balaban J connectivity index is 1.30. The molecule has 32 heavy (non-hydrogen) atoms. The average Bonchev–Trinajstić information content (AvgIpc) is 3.46. The lowest BCUT2D eigenvalue weighted by Gasteiger charge is -2.31. The number of amides is 1. The van der Waals surface area contributed by atoms with Crippen LogP contribution in [0.4, 0.5) is 4.39 Å². The number of ether oxygens (including phenoxy) is 1. The molecule has 0 radical (unpaired) electrons. The van der Waals surface area contributed by atoms with Gasteiger partial charge in [-0.1, -0.05) is 18.2 Å². The number of aromatic nitrogens is 2. The SMILES string of the molecule is COc1cccc2[nH]c(C(=O)N3CCC[C@H](c4ncc(Cc5cccc(F)c5)o4)C3)cc12. The van der Waals surface area contributed by atoms with Crippen LogP contribution in [0, 0.1) is 5.82 Å². The van der Waals surface area contributed by atoms with Crippen molar-refractivity contribution in [1.82, 2.24) is 14.9 Å². The van der Waals surface area contributed by atoms with Gasteiger partial charge >= 0.3 is 0 Å². The molecule has 1 fully saturated rings. The van der Waals surface area contributed by atoms with E-state index in [4.69, 9.17) is 9.15 Å². The molecular formula is C25H24FN3O3. The maximum Gasteiger partial charge on any atom is 0.270 e. The van der Waals surface area contributed by atoms with Crippen molar-refractivity contribution in [1.29, 1.82) is 0 Å². The second kappa shape index (κ2) is 8.49. The zero-order valence-electron chi connectivity index (χ0n) is 17.8. The fraction of sp³-hybridized carbons (Fsp3) is 0.280. The molecule has 0 spiro atoms. The molecule has 164 valence electrons. The number of nitrogens with zero attached hydrogens (tertiary/aromatic N) is 2. The number of fused-ring (bicyclic) bond motifs is 1. The van der Waals surface area contributed by atoms with Crippen LogP contribution in [-0.4, -0.2) is 41.0 Å². The summed E-state index contributed by atoms with van der Waals surface area (Å²) in [4.78, 5) is 22.7. The van der Waals surface area contributed by atoms with E-state index in [1.807, 2.05) is 35.2 Å². The second-order valence-corrected chi connectivity index (χ2v) is 8.17. The summed E-state index contributed by atoms with van der Waals surface area (Å²) in [5.74, 6) is 1.79. The predicted octanol–water partition coefficient (Wildman–Crippen LogP) is 4.91. The van der Waals surface area contributed by atoms with Gasteiger partial charge in [0.1, 0.15) is 23.0 Å². The highest BCUT2D eigenvalue weighted by atomic mass is 19.1. The lowest BCUT2D eigenvalue weighted by molar-refractivity contribution is 0.0693. The minimum absolute atomic E-state index is 0.0351. The van der Waals surface area contributed by atoms with E-state index in [-0.39, 0.29) is 17.6 Å². The Labute approximate surface area is 185 Å². The summed E-state index contributed by atoms with van der Waals surface area (Å²) in [5.41, 5.74) is 2.25. The number of aromatic amines is 1. The second-order valence-electron chi connectivity index (χ2n) is 8.17. The first-order chi connectivity index (χ1) is 15.6. The van der Waals surface area contributed by atoms with Gasteiger partial charge in [0.2, 0.25) is 0 Å². The molecule has 1 N–H and O–H groups in total. The van der Waals surface area contributed by atoms with Crippen LogP contribution in [0.15, 0.2) is 59.1 Å². The Hall–Kier alpha value is -3.61. The van der Waals surface area contributed by atoms with Crippen LogP contribution >= 0.6 is 0 Å². The van der Waals surface area contributed by atoms with Crippen molar-refractivity contribution in [2.75, 3.05) is 20.2 Å². The maximum absolute atomic E-state index is 13.4. The number of rotatable bonds is 5. The number of benzene rings is 2. The van der Waals surface area contributed by atoms with Crippen LogP contribution in [0.1, 0.15) is 46.5 Å². The van der Waals surface area contributed by atoms with Crippen molar-refractivity contribution >= 4 is 16.8 Å². The summed E-state index contributed by atoms with van der Waals surface area (Å²) < 4.78 is 24.8. The van der Waals surface area contributed by atoms with Crippen molar-refractivity contribution in [3.63, 3.8) is 0 Å². The molecule has 1 atom stereocenters. The molecule has 3 heterocycles. The van der Waals surface area contributed by atoms with Gasteiger partial charge in [0.05, 0.1) is 19.2 Å². The van der Waals surface area contributed by atoms with Gasteiger partial charge in [-0.3, -0.25) is 4.79 Å². The summed E-state index contributed by atoms with van der Waals surface area (Å²) in [6.07, 6.45) is 3.97. The first kappa shape index (κ1) is 20.3. The molecule has 7 heteroatoms. The third kappa shape index (κ3) is 3.98. The summed E-state index contributed by atoms with van der Waals surface area (Å²) >= 11 is 0. The van der Waals surface area contributed by atoms with E-state index in [1.165, 1.54) is 12.1 Å². The largest absolute Gasteiger partial charge is 0.496 e. The maximum atomic E-state index is 13.4. The number of piperidine rings is 1. The van der Waals surface area contributed by atoms with Gasteiger partial charge in [0, 0.05) is 30.4 Å². The van der Waals surface area contributed by atoms with E-state index >= 15 is 0 Å². The van der Waals surface area contributed by atoms with Crippen molar-refractivity contribution < 1.29 is 18.3 Å². The van der Waals surface area contributed by atoms with Gasteiger partial charge in [0.25, 0.3) is 5.91 Å². The number of likely N-dealkylation sites (tertiary alicyclic amines) is 1. The molecule has 0 saturated carbocycles. The number of hydrogen-bond donors (Lipinski definition) is 1. The van der Waals surface area contributed by atoms with Crippen LogP contribution < -0.4 is 4.74 Å². The van der Waals surface area contributed by atoms with Crippen molar-refractivity contribution in [2.45, 2.75) is 25.2 Å². The topological polar surface area (TPSA) is 71.4 Å². The monoisotopic (exact) mass is 433 g/mol. The molecule has 1 amide bonds. The van der Waals surface area contributed by atoms with Gasteiger partial charge in [-0.2, -0.15) is 0 Å². The highest BCUT2D eigenvalue weighted by Crippen LogP contribution is 2.30. The molecule has 5 rings (SSSR count). The Morgan fingerprint density at radius 2 is 2.16 bits per heavy atom. The van der Waals surface area contributed by atoms with Gasteiger partial charge in [-0.05, 0) is 48.7 Å². The molecule has 0 bridgehead atoms.